The molecule has 3 rings (SSSR count). The number of hydrogen-bond donors (Lipinski definition) is 0. The van der Waals surface area contributed by atoms with E-state index in [9.17, 15) is 9.59 Å². The first-order valence-electron chi connectivity index (χ1n) is 9.04. The second-order valence-electron chi connectivity index (χ2n) is 6.79. The summed E-state index contributed by atoms with van der Waals surface area (Å²) in [4.78, 5) is 29.1. The Morgan fingerprint density at radius 1 is 1.00 bits per heavy atom. The minimum atomic E-state index is -0.0973. The molecule has 0 unspecified atom stereocenters. The van der Waals surface area contributed by atoms with Crippen molar-refractivity contribution in [3.05, 3.63) is 22.7 Å². The lowest BCUT2D eigenvalue weighted by Crippen LogP contribution is -2.43. The van der Waals surface area contributed by atoms with E-state index in [1.54, 1.807) is 17.0 Å². The molecule has 6 nitrogen and oxygen atoms in total. The summed E-state index contributed by atoms with van der Waals surface area (Å²) in [6, 6.07) is 3.25. The summed E-state index contributed by atoms with van der Waals surface area (Å²) in [5, 5.41) is 0.342. The van der Waals surface area contributed by atoms with E-state index in [0.29, 0.717) is 48.0 Å². The van der Waals surface area contributed by atoms with E-state index in [1.165, 1.54) is 14.2 Å². The molecule has 2 fully saturated rings. The molecule has 1 aromatic rings. The first kappa shape index (κ1) is 18.8. The Kier molecular flexibility index (Phi) is 5.91. The summed E-state index contributed by atoms with van der Waals surface area (Å²) >= 11 is 6.21. The lowest BCUT2D eigenvalue weighted by Gasteiger charge is -2.33. The molecule has 0 aliphatic carbocycles. The smallest absolute Gasteiger partial charge is 0.254 e. The van der Waals surface area contributed by atoms with Crippen LogP contribution in [0.2, 0.25) is 5.02 Å². The van der Waals surface area contributed by atoms with Gasteiger partial charge in [-0.1, -0.05) is 11.6 Å². The third kappa shape index (κ3) is 3.75. The number of amides is 2. The molecular formula is C19H25ClN2O4. The maximum Gasteiger partial charge on any atom is 0.254 e. The average Bonchev–Trinajstić information content (AvgIpc) is 3.21. The molecule has 2 aliphatic rings. The van der Waals surface area contributed by atoms with Gasteiger partial charge in [0, 0.05) is 37.7 Å². The van der Waals surface area contributed by atoms with Crippen LogP contribution in [-0.2, 0) is 4.79 Å². The van der Waals surface area contributed by atoms with Gasteiger partial charge in [-0.3, -0.25) is 9.59 Å². The lowest BCUT2D eigenvalue weighted by molar-refractivity contribution is -0.135. The van der Waals surface area contributed by atoms with E-state index >= 15 is 0 Å². The van der Waals surface area contributed by atoms with Crippen molar-refractivity contribution in [3.8, 4) is 11.5 Å². The monoisotopic (exact) mass is 380 g/mol. The highest BCUT2D eigenvalue weighted by Crippen LogP contribution is 2.36. The molecule has 26 heavy (non-hydrogen) atoms. The van der Waals surface area contributed by atoms with Crippen LogP contribution in [0.25, 0.3) is 0 Å². The Hall–Kier alpha value is -1.95. The van der Waals surface area contributed by atoms with Gasteiger partial charge in [-0.2, -0.15) is 0 Å². The Balaban J connectivity index is 1.65. The lowest BCUT2D eigenvalue weighted by atomic mass is 9.95. The van der Waals surface area contributed by atoms with Crippen LogP contribution in [0.1, 0.15) is 36.0 Å². The molecule has 0 bridgehead atoms. The molecule has 0 aromatic heterocycles. The Bertz CT molecular complexity index is 680. The second-order valence-corrected chi connectivity index (χ2v) is 7.20. The largest absolute Gasteiger partial charge is 0.493 e. The maximum absolute atomic E-state index is 12.8. The van der Waals surface area contributed by atoms with Gasteiger partial charge in [-0.15, -0.1) is 0 Å². The first-order valence-corrected chi connectivity index (χ1v) is 9.42. The fraction of sp³-hybridized carbons (Fsp3) is 0.579. The standard InChI is InChI=1S/C19H25ClN2O4/c1-25-16-12-14(11-15(20)17(16)26-2)19(24)22-9-5-13(6-10-22)18(23)21-7-3-4-8-21/h11-13H,3-10H2,1-2H3. The van der Waals surface area contributed by atoms with Crippen molar-refractivity contribution in [2.75, 3.05) is 40.4 Å². The number of nitrogens with zero attached hydrogens (tertiary/aromatic N) is 2. The predicted octanol–water partition coefficient (Wildman–Crippen LogP) is 2.83. The van der Waals surface area contributed by atoms with Gasteiger partial charge in [0.25, 0.3) is 5.91 Å². The third-order valence-electron chi connectivity index (χ3n) is 5.23. The topological polar surface area (TPSA) is 59.1 Å². The summed E-state index contributed by atoms with van der Waals surface area (Å²) in [6.45, 7) is 2.91. The van der Waals surface area contributed by atoms with Gasteiger partial charge in [0.2, 0.25) is 5.91 Å². The van der Waals surface area contributed by atoms with Crippen LogP contribution in [0.15, 0.2) is 12.1 Å². The number of benzene rings is 1. The molecule has 0 N–H and O–H groups in total. The molecule has 2 amide bonds. The maximum atomic E-state index is 12.8. The molecule has 0 spiro atoms. The summed E-state index contributed by atoms with van der Waals surface area (Å²) in [5.41, 5.74) is 0.469. The summed E-state index contributed by atoms with van der Waals surface area (Å²) < 4.78 is 10.5. The zero-order valence-electron chi connectivity index (χ0n) is 15.3. The molecule has 2 aliphatic heterocycles. The molecule has 2 heterocycles. The molecule has 1 aromatic carbocycles. The minimum Gasteiger partial charge on any atom is -0.493 e. The highest BCUT2D eigenvalue weighted by molar-refractivity contribution is 6.32. The van der Waals surface area contributed by atoms with Gasteiger partial charge in [-0.25, -0.2) is 0 Å². The van der Waals surface area contributed by atoms with Crippen LogP contribution < -0.4 is 9.47 Å². The van der Waals surface area contributed by atoms with E-state index in [0.717, 1.165) is 25.9 Å². The van der Waals surface area contributed by atoms with Crippen molar-refractivity contribution in [3.63, 3.8) is 0 Å². The fourth-order valence-electron chi connectivity index (χ4n) is 3.75. The molecule has 0 atom stereocenters. The van der Waals surface area contributed by atoms with Crippen LogP contribution in [0.3, 0.4) is 0 Å². The molecule has 0 radical (unpaired) electrons. The highest BCUT2D eigenvalue weighted by atomic mass is 35.5. The Morgan fingerprint density at radius 3 is 2.23 bits per heavy atom. The Morgan fingerprint density at radius 2 is 1.65 bits per heavy atom. The molecular weight excluding hydrogens is 356 g/mol. The quantitative estimate of drug-likeness (QED) is 0.805. The van der Waals surface area contributed by atoms with E-state index in [2.05, 4.69) is 0 Å². The highest BCUT2D eigenvalue weighted by Gasteiger charge is 2.31. The van der Waals surface area contributed by atoms with Crippen LogP contribution in [0, 0.1) is 5.92 Å². The van der Waals surface area contributed by atoms with Gasteiger partial charge in [0.15, 0.2) is 11.5 Å². The summed E-state index contributed by atoms with van der Waals surface area (Å²) in [7, 11) is 3.02. The van der Waals surface area contributed by atoms with Crippen molar-refractivity contribution >= 4 is 23.4 Å². The van der Waals surface area contributed by atoms with Crippen molar-refractivity contribution in [2.45, 2.75) is 25.7 Å². The number of carbonyl (C=O) groups is 2. The summed E-state index contributed by atoms with van der Waals surface area (Å²) in [6.07, 6.45) is 3.62. The number of hydrogen-bond acceptors (Lipinski definition) is 4. The number of likely N-dealkylation sites (tertiary alicyclic amines) is 2. The number of piperidine rings is 1. The number of halogens is 1. The summed E-state index contributed by atoms with van der Waals surface area (Å²) in [5.74, 6) is 1.04. The van der Waals surface area contributed by atoms with Crippen LogP contribution in [0.5, 0.6) is 11.5 Å². The van der Waals surface area contributed by atoms with Gasteiger partial charge in [0.1, 0.15) is 0 Å². The second kappa shape index (κ2) is 8.16. The van der Waals surface area contributed by atoms with Crippen LogP contribution in [-0.4, -0.2) is 62.0 Å². The third-order valence-corrected chi connectivity index (χ3v) is 5.51. The zero-order valence-corrected chi connectivity index (χ0v) is 16.1. The Labute approximate surface area is 159 Å². The molecule has 142 valence electrons. The van der Waals surface area contributed by atoms with Gasteiger partial charge in [-0.05, 0) is 37.8 Å². The molecule has 0 saturated carbocycles. The zero-order chi connectivity index (χ0) is 18.7. The molecule has 2 saturated heterocycles. The van der Waals surface area contributed by atoms with Crippen molar-refractivity contribution in [2.24, 2.45) is 5.92 Å². The normalized spacial score (nSPS) is 18.1. The van der Waals surface area contributed by atoms with Crippen LogP contribution >= 0.6 is 11.6 Å². The SMILES string of the molecule is COc1cc(C(=O)N2CCC(C(=O)N3CCCC3)CC2)cc(Cl)c1OC. The molecule has 7 heteroatoms. The average molecular weight is 381 g/mol. The first-order chi connectivity index (χ1) is 12.5. The van der Waals surface area contributed by atoms with E-state index < -0.39 is 0 Å². The van der Waals surface area contributed by atoms with Crippen molar-refractivity contribution in [1.82, 2.24) is 9.80 Å². The van der Waals surface area contributed by atoms with Crippen molar-refractivity contribution < 1.29 is 19.1 Å². The predicted molar refractivity (Wildman–Crippen MR) is 99.0 cm³/mol. The van der Waals surface area contributed by atoms with E-state index in [1.807, 2.05) is 4.90 Å². The van der Waals surface area contributed by atoms with Crippen LogP contribution in [0.4, 0.5) is 0 Å². The van der Waals surface area contributed by atoms with Crippen molar-refractivity contribution in [1.29, 1.82) is 0 Å². The van der Waals surface area contributed by atoms with Gasteiger partial charge >= 0.3 is 0 Å². The number of rotatable bonds is 4. The number of ether oxygens (including phenoxy) is 2. The number of carbonyl (C=O) groups excluding carboxylic acids is 2. The van der Waals surface area contributed by atoms with Gasteiger partial charge in [0.05, 0.1) is 19.2 Å². The van der Waals surface area contributed by atoms with E-state index in [-0.39, 0.29) is 17.7 Å². The number of methoxy groups -OCH3 is 2. The fourth-order valence-corrected chi connectivity index (χ4v) is 4.04. The van der Waals surface area contributed by atoms with E-state index in [4.69, 9.17) is 21.1 Å². The minimum absolute atomic E-state index is 0.0335. The van der Waals surface area contributed by atoms with Gasteiger partial charge < -0.3 is 19.3 Å².